The zero-order valence-electron chi connectivity index (χ0n) is 18.8. The summed E-state index contributed by atoms with van der Waals surface area (Å²) < 4.78 is 24.7. The quantitative estimate of drug-likeness (QED) is 0.554. The fourth-order valence-corrected chi connectivity index (χ4v) is 5.03. The van der Waals surface area contributed by atoms with E-state index in [0.29, 0.717) is 24.3 Å². The van der Waals surface area contributed by atoms with E-state index >= 15 is 0 Å². The van der Waals surface area contributed by atoms with E-state index in [1.807, 2.05) is 31.2 Å². The Hall–Kier alpha value is -2.60. The van der Waals surface area contributed by atoms with E-state index in [4.69, 9.17) is 9.47 Å². The number of rotatable bonds is 7. The summed E-state index contributed by atoms with van der Waals surface area (Å²) in [5.41, 5.74) is 1.92. The molecule has 1 heterocycles. The van der Waals surface area contributed by atoms with Crippen LogP contribution in [0.1, 0.15) is 44.1 Å². The Kier molecular flexibility index (Phi) is 7.63. The minimum atomic E-state index is -0.357. The highest BCUT2D eigenvalue weighted by molar-refractivity contribution is 5.84. The summed E-state index contributed by atoms with van der Waals surface area (Å²) in [6, 6.07) is 14.4. The second kappa shape index (κ2) is 10.8. The van der Waals surface area contributed by atoms with Gasteiger partial charge in [0.25, 0.3) is 0 Å². The van der Waals surface area contributed by atoms with Gasteiger partial charge in [-0.2, -0.15) is 0 Å². The summed E-state index contributed by atoms with van der Waals surface area (Å²) in [5.74, 6) is 0.839. The monoisotopic (exact) mass is 440 g/mol. The molecule has 2 aromatic rings. The number of nitrogens with one attached hydrogen (secondary N) is 1. The van der Waals surface area contributed by atoms with Crippen molar-refractivity contribution in [2.24, 2.45) is 5.92 Å². The van der Waals surface area contributed by atoms with E-state index in [1.54, 1.807) is 12.1 Å². The molecular weight excluding hydrogens is 407 g/mol. The van der Waals surface area contributed by atoms with E-state index in [2.05, 4.69) is 10.2 Å². The number of hydrogen-bond donors (Lipinski definition) is 1. The van der Waals surface area contributed by atoms with Crippen LogP contribution in [0.5, 0.6) is 5.75 Å². The van der Waals surface area contributed by atoms with Crippen molar-refractivity contribution in [1.29, 1.82) is 0 Å². The molecule has 1 amide bonds. The van der Waals surface area contributed by atoms with Gasteiger partial charge in [-0.15, -0.1) is 0 Å². The zero-order valence-corrected chi connectivity index (χ0v) is 18.8. The van der Waals surface area contributed by atoms with Crippen LogP contribution in [0, 0.1) is 18.7 Å². The number of halogens is 1. The number of carbonyl (C=O) groups excluding carboxylic acids is 1. The molecule has 3 unspecified atom stereocenters. The lowest BCUT2D eigenvalue weighted by molar-refractivity contribution is -0.0411. The van der Waals surface area contributed by atoms with Gasteiger partial charge in [-0.3, -0.25) is 10.2 Å². The Balaban J connectivity index is 1.26. The minimum Gasteiger partial charge on any atom is -0.494 e. The van der Waals surface area contributed by atoms with Crippen LogP contribution in [0.3, 0.4) is 0 Å². The molecular formula is C26H33FN2O3. The number of anilines is 1. The average Bonchev–Trinajstić information content (AvgIpc) is 2.80. The number of fused-ring (bicyclic) bond motifs is 1. The van der Waals surface area contributed by atoms with Crippen LogP contribution in [0.2, 0.25) is 0 Å². The van der Waals surface area contributed by atoms with Crippen molar-refractivity contribution in [3.8, 4) is 5.75 Å². The predicted octanol–water partition coefficient (Wildman–Crippen LogP) is 5.78. The third kappa shape index (κ3) is 6.00. The van der Waals surface area contributed by atoms with Gasteiger partial charge in [0.1, 0.15) is 17.7 Å². The molecule has 3 atom stereocenters. The van der Waals surface area contributed by atoms with E-state index < -0.39 is 0 Å². The van der Waals surface area contributed by atoms with Crippen molar-refractivity contribution in [1.82, 2.24) is 4.90 Å². The van der Waals surface area contributed by atoms with Crippen molar-refractivity contribution >= 4 is 11.8 Å². The summed E-state index contributed by atoms with van der Waals surface area (Å²) in [7, 11) is 0. The maximum Gasteiger partial charge on any atom is 0.411 e. The SMILES string of the molecule is Cc1ccc(NC(=O)OC2CCN(CCCOc3ccc(F)cc3)C3CCCCC23)cc1. The Morgan fingerprint density at radius 1 is 1.06 bits per heavy atom. The normalized spacial score (nSPS) is 23.2. The number of aryl methyl sites for hydroxylation is 1. The molecule has 1 saturated heterocycles. The van der Waals surface area contributed by atoms with Crippen LogP contribution in [0.15, 0.2) is 48.5 Å². The van der Waals surface area contributed by atoms with Gasteiger partial charge in [-0.1, -0.05) is 30.5 Å². The average molecular weight is 441 g/mol. The first-order valence-electron chi connectivity index (χ1n) is 11.8. The summed E-state index contributed by atoms with van der Waals surface area (Å²) in [4.78, 5) is 15.1. The molecule has 0 spiro atoms. The molecule has 5 nitrogen and oxygen atoms in total. The number of piperidine rings is 1. The molecule has 172 valence electrons. The maximum absolute atomic E-state index is 13.0. The first-order chi connectivity index (χ1) is 15.6. The summed E-state index contributed by atoms with van der Waals surface area (Å²) in [5, 5.41) is 2.87. The topological polar surface area (TPSA) is 50.8 Å². The first-order valence-corrected chi connectivity index (χ1v) is 11.8. The second-order valence-electron chi connectivity index (χ2n) is 8.93. The van der Waals surface area contributed by atoms with Crippen LogP contribution < -0.4 is 10.1 Å². The van der Waals surface area contributed by atoms with E-state index in [1.165, 1.54) is 25.0 Å². The van der Waals surface area contributed by atoms with E-state index in [-0.39, 0.29) is 18.0 Å². The first kappa shape index (κ1) is 22.6. The standard InChI is InChI=1S/C26H33FN2O3/c1-19-7-11-21(12-8-19)28-26(30)32-25-15-17-29(24-6-3-2-5-23(24)25)16-4-18-31-22-13-9-20(27)10-14-22/h7-14,23-25H,2-6,15-18H2,1H3,(H,28,30). The van der Waals surface area contributed by atoms with Gasteiger partial charge in [-0.05, 0) is 69.0 Å². The number of carbonyl (C=O) groups is 1. The van der Waals surface area contributed by atoms with Gasteiger partial charge in [0.2, 0.25) is 0 Å². The van der Waals surface area contributed by atoms with Crippen LogP contribution in [0.4, 0.5) is 14.9 Å². The summed E-state index contributed by atoms with van der Waals surface area (Å²) in [6.07, 6.45) is 6.08. The van der Waals surface area contributed by atoms with Crippen LogP contribution in [-0.4, -0.2) is 42.8 Å². The van der Waals surface area contributed by atoms with E-state index in [0.717, 1.165) is 50.0 Å². The van der Waals surface area contributed by atoms with Crippen molar-refractivity contribution in [2.45, 2.75) is 57.6 Å². The van der Waals surface area contributed by atoms with Gasteiger partial charge < -0.3 is 9.47 Å². The molecule has 2 aromatic carbocycles. The lowest BCUT2D eigenvalue weighted by Crippen LogP contribution is -2.54. The van der Waals surface area contributed by atoms with Gasteiger partial charge >= 0.3 is 6.09 Å². The third-order valence-electron chi connectivity index (χ3n) is 6.66. The Morgan fingerprint density at radius 2 is 1.81 bits per heavy atom. The predicted molar refractivity (Wildman–Crippen MR) is 124 cm³/mol. The molecule has 1 aliphatic carbocycles. The molecule has 0 aromatic heterocycles. The minimum absolute atomic E-state index is 0.0301. The second-order valence-corrected chi connectivity index (χ2v) is 8.93. The van der Waals surface area contributed by atoms with Crippen LogP contribution in [0.25, 0.3) is 0 Å². The molecule has 0 bridgehead atoms. The highest BCUT2D eigenvalue weighted by atomic mass is 19.1. The number of hydrogen-bond acceptors (Lipinski definition) is 4. The number of nitrogens with zero attached hydrogens (tertiary/aromatic N) is 1. The van der Waals surface area contributed by atoms with Crippen molar-refractivity contribution in [3.63, 3.8) is 0 Å². The molecule has 2 aliphatic rings. The number of benzene rings is 2. The van der Waals surface area contributed by atoms with Gasteiger partial charge in [0, 0.05) is 30.7 Å². The molecule has 1 saturated carbocycles. The van der Waals surface area contributed by atoms with Gasteiger partial charge in [0.05, 0.1) is 6.61 Å². The smallest absolute Gasteiger partial charge is 0.411 e. The fraction of sp³-hybridized carbons (Fsp3) is 0.500. The Labute approximate surface area is 189 Å². The lowest BCUT2D eigenvalue weighted by atomic mass is 9.76. The molecule has 1 aliphatic heterocycles. The van der Waals surface area contributed by atoms with Crippen molar-refractivity contribution < 1.29 is 18.7 Å². The molecule has 0 radical (unpaired) electrons. The highest BCUT2D eigenvalue weighted by Gasteiger charge is 2.40. The Bertz CT molecular complexity index is 872. The van der Waals surface area contributed by atoms with Crippen LogP contribution in [-0.2, 0) is 4.74 Å². The highest BCUT2D eigenvalue weighted by Crippen LogP contribution is 2.37. The van der Waals surface area contributed by atoms with Crippen molar-refractivity contribution in [2.75, 3.05) is 25.0 Å². The maximum atomic E-state index is 13.0. The largest absolute Gasteiger partial charge is 0.494 e. The lowest BCUT2D eigenvalue weighted by Gasteiger charge is -2.47. The van der Waals surface area contributed by atoms with Crippen molar-refractivity contribution in [3.05, 3.63) is 59.9 Å². The van der Waals surface area contributed by atoms with Crippen LogP contribution >= 0.6 is 0 Å². The molecule has 2 fully saturated rings. The molecule has 4 rings (SSSR count). The van der Waals surface area contributed by atoms with Gasteiger partial charge in [0.15, 0.2) is 0 Å². The fourth-order valence-electron chi connectivity index (χ4n) is 5.03. The summed E-state index contributed by atoms with van der Waals surface area (Å²) >= 11 is 0. The third-order valence-corrected chi connectivity index (χ3v) is 6.66. The summed E-state index contributed by atoms with van der Waals surface area (Å²) in [6.45, 7) is 4.53. The molecule has 1 N–H and O–H groups in total. The Morgan fingerprint density at radius 3 is 2.59 bits per heavy atom. The number of amides is 1. The zero-order chi connectivity index (χ0) is 22.3. The van der Waals surface area contributed by atoms with Gasteiger partial charge in [-0.25, -0.2) is 9.18 Å². The van der Waals surface area contributed by atoms with E-state index in [9.17, 15) is 9.18 Å². The molecule has 6 heteroatoms. The number of ether oxygens (including phenoxy) is 2. The number of likely N-dealkylation sites (tertiary alicyclic amines) is 1. The molecule has 32 heavy (non-hydrogen) atoms.